The highest BCUT2D eigenvalue weighted by atomic mass is 19.2. The summed E-state index contributed by atoms with van der Waals surface area (Å²) in [5.41, 5.74) is 7.54. The molecule has 1 aromatic carbocycles. The van der Waals surface area contributed by atoms with Crippen LogP contribution in [0, 0.1) is 19.7 Å². The minimum Gasteiger partial charge on any atom is -0.393 e. The summed E-state index contributed by atoms with van der Waals surface area (Å²) >= 11 is 0. The molecule has 1 aromatic heterocycles. The Balaban J connectivity index is 2.22. The summed E-state index contributed by atoms with van der Waals surface area (Å²) in [5, 5.41) is 0. The number of allylic oxidation sites excluding steroid dienone is 2. The van der Waals surface area contributed by atoms with Crippen molar-refractivity contribution >= 4 is 18.3 Å². The molecule has 0 spiro atoms. The average Bonchev–Trinajstić information content (AvgIpc) is 3.08. The van der Waals surface area contributed by atoms with Crippen LogP contribution in [0.15, 0.2) is 41.1 Å². The second kappa shape index (κ2) is 6.51. The number of halogens is 3. The van der Waals surface area contributed by atoms with Gasteiger partial charge in [0, 0.05) is 23.8 Å². The average molecular weight is 398 g/mol. The fraction of sp³-hybridized carbons (Fsp3) is 0.348. The molecule has 0 fully saturated rings. The van der Waals surface area contributed by atoms with Gasteiger partial charge in [0.1, 0.15) is 11.5 Å². The normalized spacial score (nSPS) is 18.0. The summed E-state index contributed by atoms with van der Waals surface area (Å²) in [6, 6.07) is 6.17. The zero-order valence-corrected chi connectivity index (χ0v) is 17.8. The van der Waals surface area contributed by atoms with Gasteiger partial charge in [-0.05, 0) is 68.1 Å². The number of hydrogen-bond acceptors (Lipinski definition) is 0. The Hall–Kier alpha value is -2.50. The van der Waals surface area contributed by atoms with E-state index in [2.05, 4.69) is 0 Å². The van der Waals surface area contributed by atoms with E-state index in [1.165, 1.54) is 21.1 Å². The molecule has 0 radical (unpaired) electrons. The van der Waals surface area contributed by atoms with Crippen LogP contribution in [0.5, 0.6) is 0 Å². The number of fused-ring (bicyclic) bond motifs is 2. The lowest BCUT2D eigenvalue weighted by Crippen LogP contribution is -2.51. The predicted octanol–water partition coefficient (Wildman–Crippen LogP) is 6.02. The minimum absolute atomic E-state index is 0.338. The van der Waals surface area contributed by atoms with Gasteiger partial charge in [0.05, 0.1) is 5.57 Å². The molecule has 0 atom stereocenters. The predicted molar refractivity (Wildman–Crippen MR) is 113 cm³/mol. The van der Waals surface area contributed by atoms with Crippen molar-refractivity contribution in [1.29, 1.82) is 0 Å². The van der Waals surface area contributed by atoms with Crippen LogP contribution in [-0.2, 0) is 6.42 Å². The van der Waals surface area contributed by atoms with Crippen molar-refractivity contribution in [2.75, 3.05) is 0 Å². The third-order valence-electron chi connectivity index (χ3n) is 6.63. The molecule has 3 heterocycles. The van der Waals surface area contributed by atoms with Crippen LogP contribution in [0.2, 0.25) is 0 Å². The lowest BCUT2D eigenvalue weighted by Gasteiger charge is -2.34. The summed E-state index contributed by atoms with van der Waals surface area (Å²) in [4.78, 5) is 0. The lowest BCUT2D eigenvalue weighted by molar-refractivity contribution is -0.363. The first-order valence-electron chi connectivity index (χ1n) is 10.2. The molecule has 4 rings (SSSR count). The van der Waals surface area contributed by atoms with E-state index in [-0.39, 0.29) is 5.82 Å². The minimum atomic E-state index is -4.03. The summed E-state index contributed by atoms with van der Waals surface area (Å²) in [5.74, 6) is -0.338. The highest BCUT2D eigenvalue weighted by Gasteiger charge is 2.56. The molecule has 0 N–H and O–H groups in total. The molecule has 29 heavy (non-hydrogen) atoms. The van der Waals surface area contributed by atoms with Gasteiger partial charge in [-0.15, -0.1) is 0 Å². The first kappa shape index (κ1) is 19.8. The molecule has 2 aliphatic rings. The Morgan fingerprint density at radius 2 is 1.59 bits per heavy atom. The zero-order valence-electron chi connectivity index (χ0n) is 17.8. The monoisotopic (exact) mass is 398 g/mol. The molecule has 0 bridgehead atoms. The van der Waals surface area contributed by atoms with Crippen LogP contribution in [0.4, 0.5) is 13.0 Å². The van der Waals surface area contributed by atoms with Gasteiger partial charge in [-0.1, -0.05) is 26.0 Å². The van der Waals surface area contributed by atoms with Crippen LogP contribution >= 0.6 is 0 Å². The molecule has 0 amide bonds. The molecule has 152 valence electrons. The Morgan fingerprint density at radius 3 is 2.14 bits per heavy atom. The summed E-state index contributed by atoms with van der Waals surface area (Å²) in [6.45, 7) is 7.38. The van der Waals surface area contributed by atoms with Gasteiger partial charge < -0.3 is 17.6 Å². The summed E-state index contributed by atoms with van der Waals surface area (Å²) < 4.78 is 48.2. The quantitative estimate of drug-likeness (QED) is 0.559. The maximum atomic E-state index is 16.0. The van der Waals surface area contributed by atoms with E-state index < -0.39 is 6.97 Å². The SMILES string of the molecule is CCC1=C(C)C2=C(c3ccc(F)cc3)c3c(C)c(CC)c(C)n3[B-](F)(F)[N+]2=C1C. The molecular formula is C23H26BF3N2. The van der Waals surface area contributed by atoms with Crippen LogP contribution in [-0.4, -0.2) is 21.6 Å². The number of nitrogens with zero attached hydrogens (tertiary/aromatic N) is 2. The van der Waals surface area contributed by atoms with Crippen LogP contribution in [0.3, 0.4) is 0 Å². The van der Waals surface area contributed by atoms with E-state index in [1.54, 1.807) is 26.0 Å². The van der Waals surface area contributed by atoms with E-state index in [4.69, 9.17) is 0 Å². The van der Waals surface area contributed by atoms with Crippen molar-refractivity contribution in [2.24, 2.45) is 0 Å². The standard InChI is InChI=1S/C23H26BF3N2/c1-7-19-13(3)22-21(17-9-11-18(25)12-10-17)23-14(4)20(8-2)16(6)29(23)24(26,27)28(22)15(19)5/h9-12H,7-8H2,1-6H3. The second-order valence-corrected chi connectivity index (χ2v) is 7.99. The molecular weight excluding hydrogens is 372 g/mol. The van der Waals surface area contributed by atoms with E-state index in [0.717, 1.165) is 33.4 Å². The van der Waals surface area contributed by atoms with E-state index in [1.807, 2.05) is 27.7 Å². The summed E-state index contributed by atoms with van der Waals surface area (Å²) in [6.07, 6.45) is 1.38. The van der Waals surface area contributed by atoms with Crippen LogP contribution < -0.4 is 0 Å². The fourth-order valence-corrected chi connectivity index (χ4v) is 5.37. The zero-order chi connectivity index (χ0) is 21.2. The molecule has 0 aliphatic carbocycles. The van der Waals surface area contributed by atoms with E-state index in [0.29, 0.717) is 35.6 Å². The Labute approximate surface area is 170 Å². The number of benzene rings is 1. The van der Waals surface area contributed by atoms with Gasteiger partial charge in [0.25, 0.3) is 0 Å². The Morgan fingerprint density at radius 1 is 0.966 bits per heavy atom. The van der Waals surface area contributed by atoms with Crippen molar-refractivity contribution in [3.05, 3.63) is 75.0 Å². The smallest absolute Gasteiger partial charge is 0.393 e. The molecule has 0 saturated heterocycles. The Kier molecular flexibility index (Phi) is 4.45. The van der Waals surface area contributed by atoms with Crippen molar-refractivity contribution in [3.8, 4) is 0 Å². The van der Waals surface area contributed by atoms with Crippen LogP contribution in [0.25, 0.3) is 5.57 Å². The van der Waals surface area contributed by atoms with Crippen molar-refractivity contribution in [2.45, 2.75) is 54.4 Å². The molecule has 0 saturated carbocycles. The van der Waals surface area contributed by atoms with Gasteiger partial charge in [0.15, 0.2) is 5.70 Å². The number of aromatic nitrogens is 1. The number of rotatable bonds is 3. The lowest BCUT2D eigenvalue weighted by atomic mass is 9.83. The first-order valence-corrected chi connectivity index (χ1v) is 10.2. The van der Waals surface area contributed by atoms with Gasteiger partial charge in [-0.2, -0.15) is 0 Å². The molecule has 2 aliphatic heterocycles. The second-order valence-electron chi connectivity index (χ2n) is 7.99. The molecule has 6 heteroatoms. The van der Waals surface area contributed by atoms with Gasteiger partial charge in [-0.3, -0.25) is 0 Å². The van der Waals surface area contributed by atoms with Crippen LogP contribution in [0.1, 0.15) is 62.2 Å². The van der Waals surface area contributed by atoms with E-state index in [9.17, 15) is 4.39 Å². The topological polar surface area (TPSA) is 7.94 Å². The number of hydrogen-bond donors (Lipinski definition) is 0. The third-order valence-corrected chi connectivity index (χ3v) is 6.63. The highest BCUT2D eigenvalue weighted by Crippen LogP contribution is 2.46. The molecule has 0 unspecified atom stereocenters. The van der Waals surface area contributed by atoms with Crippen molar-refractivity contribution in [3.63, 3.8) is 0 Å². The highest BCUT2D eigenvalue weighted by molar-refractivity contribution is 6.58. The van der Waals surface area contributed by atoms with Gasteiger partial charge in [0.2, 0.25) is 0 Å². The van der Waals surface area contributed by atoms with Crippen molar-refractivity contribution in [1.82, 2.24) is 4.48 Å². The largest absolute Gasteiger partial charge is 0.737 e. The molecule has 2 aromatic rings. The maximum absolute atomic E-state index is 16.0. The van der Waals surface area contributed by atoms with Gasteiger partial charge in [-0.25, -0.2) is 4.39 Å². The maximum Gasteiger partial charge on any atom is 0.737 e. The van der Waals surface area contributed by atoms with Gasteiger partial charge >= 0.3 is 6.97 Å². The van der Waals surface area contributed by atoms with Crippen molar-refractivity contribution < 1.29 is 17.5 Å². The summed E-state index contributed by atoms with van der Waals surface area (Å²) in [7, 11) is 0. The fourth-order valence-electron chi connectivity index (χ4n) is 5.37. The van der Waals surface area contributed by atoms with E-state index >= 15 is 8.63 Å². The first-order chi connectivity index (χ1) is 13.7. The Bertz CT molecular complexity index is 1130. The molecule has 2 nitrogen and oxygen atoms in total. The third kappa shape index (κ3) is 2.47.